The van der Waals surface area contributed by atoms with Gasteiger partial charge in [-0.15, -0.1) is 0 Å². The van der Waals surface area contributed by atoms with E-state index in [0.29, 0.717) is 58.4 Å². The molecule has 0 spiro atoms. The molecule has 190 valence electrons. The van der Waals surface area contributed by atoms with Gasteiger partial charge in [0.05, 0.1) is 0 Å². The molecule has 10 heteroatoms. The third-order valence-electron chi connectivity index (χ3n) is 5.03. The number of ether oxygens (including phenoxy) is 1. The van der Waals surface area contributed by atoms with E-state index >= 15 is 0 Å². The lowest BCUT2D eigenvalue weighted by atomic mass is 9.88. The van der Waals surface area contributed by atoms with E-state index in [9.17, 15) is 9.59 Å². The van der Waals surface area contributed by atoms with Gasteiger partial charge in [-0.1, -0.05) is 13.8 Å². The van der Waals surface area contributed by atoms with E-state index in [0.717, 1.165) is 12.2 Å². The van der Waals surface area contributed by atoms with Crippen molar-refractivity contribution in [2.24, 2.45) is 5.41 Å². The third kappa shape index (κ3) is 12.0. The number of rotatable bonds is 19. The Labute approximate surface area is 201 Å². The van der Waals surface area contributed by atoms with E-state index in [1.165, 1.54) is 0 Å². The first-order chi connectivity index (χ1) is 15.0. The van der Waals surface area contributed by atoms with Gasteiger partial charge in [0.25, 0.3) is 5.91 Å². The molecule has 0 rings (SSSR count). The Kier molecular flexibility index (Phi) is 15.7. The van der Waals surface area contributed by atoms with Crippen LogP contribution in [0.2, 0.25) is 6.04 Å². The molecular weight excluding hydrogens is 448 g/mol. The molecule has 8 nitrogen and oxygen atoms in total. The monoisotopic (exact) mass is 495 g/mol. The van der Waals surface area contributed by atoms with Crippen molar-refractivity contribution in [2.45, 2.75) is 79.4 Å². The molecule has 0 fully saturated rings. The second kappa shape index (κ2) is 16.1. The number of hydrogen-bond acceptors (Lipinski definition) is 6. The van der Waals surface area contributed by atoms with E-state index in [1.807, 2.05) is 34.6 Å². The van der Waals surface area contributed by atoms with Crippen LogP contribution >= 0.6 is 0 Å². The molecule has 0 aromatic heterocycles. The molecule has 0 radical (unpaired) electrons. The quantitative estimate of drug-likeness (QED) is 0.162. The van der Waals surface area contributed by atoms with Gasteiger partial charge in [0.15, 0.2) is 0 Å². The van der Waals surface area contributed by atoms with E-state index in [2.05, 4.69) is 23.3 Å². The molecule has 0 aliphatic heterocycles. The standard InChI is InChI=1S/C22H46N2O6SSi/c1-8-28-32(29-9-2,30-10-3)18-12-15-24-20(26)22(6,7)27-16-13-21(4,5)19(25)23-14-11-17-31/h31H,8-18H2,1-7H3,(H,23,25)(H,24,26)/p+1. The van der Waals surface area contributed by atoms with E-state index in [-0.39, 0.29) is 11.8 Å². The first-order valence-electron chi connectivity index (χ1n) is 11.8. The Bertz CT molecular complexity index is 531. The Balaban J connectivity index is 4.50. The van der Waals surface area contributed by atoms with Gasteiger partial charge >= 0.3 is 8.80 Å². The number of amides is 2. The van der Waals surface area contributed by atoms with Crippen LogP contribution in [0, 0.1) is 5.41 Å². The van der Waals surface area contributed by atoms with Crippen LogP contribution in [0.1, 0.15) is 67.7 Å². The number of carbonyl (C=O) groups is 2. The van der Waals surface area contributed by atoms with Gasteiger partial charge in [0.1, 0.15) is 11.4 Å². The van der Waals surface area contributed by atoms with Crippen LogP contribution in [0.15, 0.2) is 0 Å². The molecule has 0 heterocycles. The van der Waals surface area contributed by atoms with Crippen LogP contribution in [0.3, 0.4) is 0 Å². The average Bonchev–Trinajstić information content (AvgIpc) is 2.71. The minimum absolute atomic E-state index is 0.00554. The highest BCUT2D eigenvalue weighted by Crippen LogP contribution is 2.22. The molecule has 0 aromatic carbocycles. The molecule has 0 bridgehead atoms. The Morgan fingerprint density at radius 3 is 1.84 bits per heavy atom. The molecule has 0 atom stereocenters. The fourth-order valence-corrected chi connectivity index (χ4v) is 5.78. The van der Waals surface area contributed by atoms with Crippen LogP contribution < -0.4 is 10.6 Å². The fraction of sp³-hybridized carbons (Fsp3) is 0.909. The molecule has 0 aliphatic rings. The molecular formula is C22H47N2O6SSi+. The predicted molar refractivity (Wildman–Crippen MR) is 134 cm³/mol. The van der Waals surface area contributed by atoms with Gasteiger partial charge in [-0.3, -0.25) is 9.59 Å². The first kappa shape index (κ1) is 31.3. The normalized spacial score (nSPS) is 12.6. The zero-order valence-electron chi connectivity index (χ0n) is 21.2. The lowest BCUT2D eigenvalue weighted by Gasteiger charge is -2.29. The van der Waals surface area contributed by atoms with Crippen molar-refractivity contribution < 1.29 is 27.6 Å². The topological polar surface area (TPSA) is 95.1 Å². The lowest BCUT2D eigenvalue weighted by Crippen LogP contribution is -2.48. The van der Waals surface area contributed by atoms with Crippen LogP contribution in [0.4, 0.5) is 0 Å². The average molecular weight is 496 g/mol. The Hall–Kier alpha value is -0.653. The predicted octanol–water partition coefficient (Wildman–Crippen LogP) is 2.27. The van der Waals surface area contributed by atoms with Gasteiger partial charge in [0, 0.05) is 57.4 Å². The summed E-state index contributed by atoms with van der Waals surface area (Å²) in [7, 11) is -2.70. The second-order valence-electron chi connectivity index (χ2n) is 8.69. The molecule has 0 aromatic rings. The molecule has 2 N–H and O–H groups in total. The Morgan fingerprint density at radius 2 is 1.34 bits per heavy atom. The van der Waals surface area contributed by atoms with Gasteiger partial charge in [-0.05, 0) is 60.1 Å². The van der Waals surface area contributed by atoms with Crippen LogP contribution in [-0.2, 0) is 40.2 Å². The summed E-state index contributed by atoms with van der Waals surface area (Å²) < 4.78 is 23.4. The summed E-state index contributed by atoms with van der Waals surface area (Å²) in [5.74, 6) is 0.654. The summed E-state index contributed by atoms with van der Waals surface area (Å²) in [6.07, 6.45) is 2.09. The summed E-state index contributed by atoms with van der Waals surface area (Å²) >= 11 is 3.40. The molecule has 2 amide bonds. The van der Waals surface area contributed by atoms with Gasteiger partial charge < -0.3 is 28.6 Å². The smallest absolute Gasteiger partial charge is 0.374 e. The van der Waals surface area contributed by atoms with Crippen molar-refractivity contribution in [3.8, 4) is 0 Å². The van der Waals surface area contributed by atoms with E-state index in [4.69, 9.17) is 18.0 Å². The van der Waals surface area contributed by atoms with Crippen LogP contribution in [0.5, 0.6) is 0 Å². The maximum atomic E-state index is 12.6. The van der Waals surface area contributed by atoms with Crippen molar-refractivity contribution in [3.05, 3.63) is 0 Å². The minimum Gasteiger partial charge on any atom is -0.374 e. The highest BCUT2D eigenvalue weighted by atomic mass is 32.1. The van der Waals surface area contributed by atoms with Crippen molar-refractivity contribution in [2.75, 3.05) is 45.3 Å². The SMILES string of the molecule is CCO[Si](CCCNC(=O)C(C)(C)OCCC(C)(C)C(=O)NCCC[SH2+])(OCC)OCC. The zero-order valence-corrected chi connectivity index (χ0v) is 23.2. The van der Waals surface area contributed by atoms with Crippen LogP contribution in [0.25, 0.3) is 0 Å². The number of carbonyl (C=O) groups excluding carboxylic acids is 2. The number of nitrogens with one attached hydrogen (secondary N) is 2. The molecule has 32 heavy (non-hydrogen) atoms. The molecule has 0 saturated heterocycles. The van der Waals surface area contributed by atoms with E-state index in [1.54, 1.807) is 13.8 Å². The summed E-state index contributed by atoms with van der Waals surface area (Å²) in [5, 5.41) is 5.87. The maximum Gasteiger partial charge on any atom is 0.500 e. The highest BCUT2D eigenvalue weighted by Gasteiger charge is 2.40. The first-order valence-corrected chi connectivity index (χ1v) is 14.4. The van der Waals surface area contributed by atoms with E-state index < -0.39 is 19.8 Å². The van der Waals surface area contributed by atoms with Crippen molar-refractivity contribution in [1.29, 1.82) is 0 Å². The lowest BCUT2D eigenvalue weighted by molar-refractivity contribution is -0.144. The summed E-state index contributed by atoms with van der Waals surface area (Å²) in [4.78, 5) is 25.0. The summed E-state index contributed by atoms with van der Waals surface area (Å²) in [5.41, 5.74) is -1.55. The van der Waals surface area contributed by atoms with Crippen molar-refractivity contribution in [3.63, 3.8) is 0 Å². The largest absolute Gasteiger partial charge is 0.500 e. The fourth-order valence-electron chi connectivity index (χ4n) is 2.99. The van der Waals surface area contributed by atoms with Crippen molar-refractivity contribution >= 4 is 33.2 Å². The summed E-state index contributed by atoms with van der Waals surface area (Å²) in [6.45, 7) is 16.1. The minimum atomic E-state index is -2.70. The van der Waals surface area contributed by atoms with Gasteiger partial charge in [-0.2, -0.15) is 0 Å². The molecule has 0 aliphatic carbocycles. The second-order valence-corrected chi connectivity index (χ2v) is 11.9. The Morgan fingerprint density at radius 1 is 0.844 bits per heavy atom. The van der Waals surface area contributed by atoms with Crippen molar-refractivity contribution in [1.82, 2.24) is 10.6 Å². The number of hydrogen-bond donors (Lipinski definition) is 2. The molecule has 0 saturated carbocycles. The van der Waals surface area contributed by atoms with Crippen LogP contribution in [-0.4, -0.2) is 71.5 Å². The zero-order chi connectivity index (χ0) is 24.7. The third-order valence-corrected chi connectivity index (χ3v) is 8.53. The van der Waals surface area contributed by atoms with Gasteiger partial charge in [-0.25, -0.2) is 0 Å². The highest BCUT2D eigenvalue weighted by molar-refractivity contribution is 7.58. The summed E-state index contributed by atoms with van der Waals surface area (Å²) in [6, 6.07) is 0.641. The molecule has 0 unspecified atom stereocenters. The maximum absolute atomic E-state index is 12.6. The van der Waals surface area contributed by atoms with Gasteiger partial charge in [0.2, 0.25) is 5.91 Å².